The van der Waals surface area contributed by atoms with Gasteiger partial charge in [0.1, 0.15) is 24.7 Å². The highest BCUT2D eigenvalue weighted by molar-refractivity contribution is 14.2. The second kappa shape index (κ2) is 21.0. The molecule has 20 nitrogen and oxygen atoms in total. The molecular formula is C20H31IN8O12S. The summed E-state index contributed by atoms with van der Waals surface area (Å²) in [6.45, 7) is -1.06. The molecule has 0 aliphatic rings. The summed E-state index contributed by atoms with van der Waals surface area (Å²) in [4.78, 5) is 106. The largest absolute Gasteiger partial charge is 0.481 e. The summed E-state index contributed by atoms with van der Waals surface area (Å²) < 4.78 is 4.80. The van der Waals surface area contributed by atoms with Crippen molar-refractivity contribution in [1.29, 1.82) is 0 Å². The molecule has 0 rings (SSSR count). The van der Waals surface area contributed by atoms with Crippen molar-refractivity contribution in [2.24, 2.45) is 5.73 Å². The number of carboxylic acids is 1. The maximum atomic E-state index is 12.7. The Labute approximate surface area is 254 Å². The van der Waals surface area contributed by atoms with Gasteiger partial charge in [-0.25, -0.2) is 5.48 Å². The quantitative estimate of drug-likeness (QED) is 0.0243. The van der Waals surface area contributed by atoms with E-state index in [0.717, 1.165) is 9.21 Å². The fraction of sp³-hybridized carbons (Fsp3) is 0.550. The number of amides is 8. The van der Waals surface area contributed by atoms with Crippen LogP contribution in [0.3, 0.4) is 0 Å². The van der Waals surface area contributed by atoms with Crippen LogP contribution in [0.25, 0.3) is 0 Å². The summed E-state index contributed by atoms with van der Waals surface area (Å²) in [6.07, 6.45) is -1.55. The molecule has 0 saturated heterocycles. The molecule has 0 radical (unpaired) electrons. The fourth-order valence-electron chi connectivity index (χ4n) is 2.75. The number of carbonyl (C=O) groups excluding carboxylic acids is 8. The number of hydroxylamine groups is 1. The number of carboxylic acid groups (broad SMARTS) is 1. The van der Waals surface area contributed by atoms with Crippen LogP contribution in [-0.4, -0.2) is 108 Å². The van der Waals surface area contributed by atoms with E-state index in [1.54, 1.807) is 21.2 Å². The summed E-state index contributed by atoms with van der Waals surface area (Å²) in [5.74, 6) is -8.43. The van der Waals surface area contributed by atoms with E-state index in [9.17, 15) is 43.2 Å². The Morgan fingerprint density at radius 1 is 0.786 bits per heavy atom. The molecule has 8 amide bonds. The second-order valence-corrected chi connectivity index (χ2v) is 9.59. The molecule has 0 saturated carbocycles. The molecule has 11 N–H and O–H groups in total. The van der Waals surface area contributed by atoms with Crippen LogP contribution in [0.4, 0.5) is 0 Å². The van der Waals surface area contributed by atoms with Crippen LogP contribution in [0.1, 0.15) is 26.2 Å². The van der Waals surface area contributed by atoms with Crippen LogP contribution < -0.4 is 43.1 Å². The molecule has 0 aromatic rings. The standard InChI is InChI=1S/C20H31IN8O12S/c1-9(18(37)29-40)26-15(33)7-24-13(31)5-23-14(32)6-25-19(38)10(2-3-12(22)30)28-20(39)11(4-17(35)36)27-16(34)8-41-42-21/h9-11,40H,2-8H2,1H3,(H2,22,30)(H,23,32)(H,24,31)(H,25,38)(H,26,33)(H,27,34)(H,28,39)(H,29,37)(H,35,36). The van der Waals surface area contributed by atoms with E-state index in [0.29, 0.717) is 0 Å². The van der Waals surface area contributed by atoms with E-state index in [1.165, 1.54) is 12.4 Å². The monoisotopic (exact) mass is 734 g/mol. The molecule has 3 unspecified atom stereocenters. The molecule has 22 heteroatoms. The van der Waals surface area contributed by atoms with E-state index in [-0.39, 0.29) is 12.8 Å². The molecule has 3 atom stereocenters. The van der Waals surface area contributed by atoms with Crippen LogP contribution in [-0.2, 0) is 47.3 Å². The summed E-state index contributed by atoms with van der Waals surface area (Å²) in [6, 6.07) is -4.16. The number of hydrogen-bond donors (Lipinski definition) is 10. The highest BCUT2D eigenvalue weighted by Crippen LogP contribution is 2.11. The zero-order chi connectivity index (χ0) is 32.2. The number of carbonyl (C=O) groups is 9. The number of primary amides is 1. The van der Waals surface area contributed by atoms with Crippen molar-refractivity contribution in [1.82, 2.24) is 37.4 Å². The molecule has 42 heavy (non-hydrogen) atoms. The number of aliphatic carboxylic acids is 1. The Kier molecular flexibility index (Phi) is 19.1. The third-order valence-electron chi connectivity index (χ3n) is 4.77. The Morgan fingerprint density at radius 2 is 1.36 bits per heavy atom. The van der Waals surface area contributed by atoms with Crippen molar-refractivity contribution >= 4 is 83.6 Å². The smallest absolute Gasteiger partial charge is 0.305 e. The molecule has 0 aromatic heterocycles. The Morgan fingerprint density at radius 3 is 1.88 bits per heavy atom. The lowest BCUT2D eigenvalue weighted by Crippen LogP contribution is -2.55. The summed E-state index contributed by atoms with van der Waals surface area (Å²) in [5.41, 5.74) is 6.44. The molecule has 0 bridgehead atoms. The van der Waals surface area contributed by atoms with E-state index < -0.39 is 104 Å². The van der Waals surface area contributed by atoms with Gasteiger partial charge in [0.05, 0.1) is 35.3 Å². The van der Waals surface area contributed by atoms with Crippen molar-refractivity contribution < 1.29 is 57.6 Å². The molecular weight excluding hydrogens is 703 g/mol. The third-order valence-corrected chi connectivity index (χ3v) is 5.74. The number of nitrogens with one attached hydrogen (secondary N) is 7. The number of halogens is 1. The normalized spacial score (nSPS) is 12.4. The topological polar surface area (TPSA) is 314 Å². The first-order valence-corrected chi connectivity index (χ1v) is 15.0. The summed E-state index contributed by atoms with van der Waals surface area (Å²) in [7, 11) is 0.828. The molecule has 0 fully saturated rings. The molecule has 0 aliphatic heterocycles. The van der Waals surface area contributed by atoms with Gasteiger partial charge in [0.15, 0.2) is 0 Å². The van der Waals surface area contributed by atoms with Gasteiger partial charge in [0.2, 0.25) is 41.4 Å². The van der Waals surface area contributed by atoms with Gasteiger partial charge in [-0.05, 0) is 13.3 Å². The molecule has 0 aromatic carbocycles. The predicted octanol–water partition coefficient (Wildman–Crippen LogP) is -4.93. The Hall–Kier alpha value is -3.77. The lowest BCUT2D eigenvalue weighted by Gasteiger charge is -2.22. The van der Waals surface area contributed by atoms with Gasteiger partial charge < -0.3 is 42.7 Å². The van der Waals surface area contributed by atoms with Crippen LogP contribution >= 0.6 is 30.4 Å². The third kappa shape index (κ3) is 17.8. The highest BCUT2D eigenvalue weighted by Gasteiger charge is 2.29. The minimum Gasteiger partial charge on any atom is -0.481 e. The van der Waals surface area contributed by atoms with Gasteiger partial charge in [0.25, 0.3) is 5.91 Å². The Bertz CT molecular complexity index is 1030. The zero-order valence-electron chi connectivity index (χ0n) is 22.0. The van der Waals surface area contributed by atoms with Gasteiger partial charge in [-0.2, -0.15) is 0 Å². The van der Waals surface area contributed by atoms with Gasteiger partial charge in [-0.15, -0.1) is 0 Å². The molecule has 236 valence electrons. The lowest BCUT2D eigenvalue weighted by atomic mass is 10.1. The van der Waals surface area contributed by atoms with Crippen LogP contribution in [0.15, 0.2) is 0 Å². The molecule has 0 aliphatic carbocycles. The molecule has 0 spiro atoms. The average molecular weight is 734 g/mol. The first kappa shape index (κ1) is 38.2. The maximum Gasteiger partial charge on any atom is 0.305 e. The number of hydrogen-bond acceptors (Lipinski definition) is 12. The first-order valence-electron chi connectivity index (χ1n) is 11.7. The first-order chi connectivity index (χ1) is 19.7. The highest BCUT2D eigenvalue weighted by atomic mass is 127. The van der Waals surface area contributed by atoms with Gasteiger partial charge in [-0.1, -0.05) is 0 Å². The van der Waals surface area contributed by atoms with Crippen molar-refractivity contribution in [2.45, 2.75) is 44.3 Å². The second-order valence-electron chi connectivity index (χ2n) is 8.15. The Balaban J connectivity index is 4.95. The van der Waals surface area contributed by atoms with Crippen molar-refractivity contribution in [2.75, 3.05) is 26.2 Å². The SMILES string of the molecule is CC(NC(=O)CNC(=O)CNC(=O)CNC(=O)C(CCC(N)=O)NC(=O)C(CC(=O)O)NC(=O)COSI)C(=O)NO. The van der Waals surface area contributed by atoms with Crippen LogP contribution in [0.2, 0.25) is 0 Å². The molecule has 0 heterocycles. The maximum absolute atomic E-state index is 12.7. The van der Waals surface area contributed by atoms with Crippen LogP contribution in [0.5, 0.6) is 0 Å². The van der Waals surface area contributed by atoms with Crippen molar-refractivity contribution in [3.8, 4) is 0 Å². The summed E-state index contributed by atoms with van der Waals surface area (Å²) >= 11 is 1.74. The van der Waals surface area contributed by atoms with Gasteiger partial charge in [-0.3, -0.25) is 52.5 Å². The van der Waals surface area contributed by atoms with E-state index in [4.69, 9.17) is 20.2 Å². The lowest BCUT2D eigenvalue weighted by molar-refractivity contribution is -0.141. The van der Waals surface area contributed by atoms with Crippen molar-refractivity contribution in [3.63, 3.8) is 0 Å². The van der Waals surface area contributed by atoms with Gasteiger partial charge >= 0.3 is 5.97 Å². The average Bonchev–Trinajstić information content (AvgIpc) is 2.93. The number of nitrogens with two attached hydrogens (primary N) is 1. The minimum atomic E-state index is -1.61. The van der Waals surface area contributed by atoms with Crippen molar-refractivity contribution in [3.05, 3.63) is 0 Å². The van der Waals surface area contributed by atoms with Crippen LogP contribution in [0, 0.1) is 0 Å². The predicted molar refractivity (Wildman–Crippen MR) is 149 cm³/mol. The number of rotatable bonds is 20. The van der Waals surface area contributed by atoms with E-state index in [2.05, 4.69) is 31.9 Å². The minimum absolute atomic E-state index is 0.333. The zero-order valence-corrected chi connectivity index (χ0v) is 25.0. The van der Waals surface area contributed by atoms with E-state index >= 15 is 0 Å². The fourth-order valence-corrected chi connectivity index (χ4v) is 3.28. The van der Waals surface area contributed by atoms with E-state index in [1.807, 2.05) is 0 Å². The van der Waals surface area contributed by atoms with Gasteiger partial charge in [0, 0.05) is 27.6 Å². The summed E-state index contributed by atoms with van der Waals surface area (Å²) in [5, 5.41) is 30.6.